The molecule has 1 saturated heterocycles. The summed E-state index contributed by atoms with van der Waals surface area (Å²) in [5.74, 6) is 0.195. The Hall–Kier alpha value is -1.95. The zero-order valence-corrected chi connectivity index (χ0v) is 12.3. The molecule has 6 nitrogen and oxygen atoms in total. The van der Waals surface area contributed by atoms with Crippen molar-refractivity contribution < 1.29 is 14.3 Å². The predicted octanol–water partition coefficient (Wildman–Crippen LogP) is 0.612. The van der Waals surface area contributed by atoms with Crippen molar-refractivity contribution in [1.82, 2.24) is 10.2 Å². The van der Waals surface area contributed by atoms with E-state index in [0.717, 1.165) is 0 Å². The summed E-state index contributed by atoms with van der Waals surface area (Å²) in [4.78, 5) is 30.6. The number of hydrogen-bond acceptors (Lipinski definition) is 4. The maximum absolute atomic E-state index is 12.5. The molecule has 0 radical (unpaired) electrons. The van der Waals surface area contributed by atoms with Crippen molar-refractivity contribution in [2.24, 2.45) is 10.4 Å². The molecule has 0 spiro atoms. The zero-order valence-electron chi connectivity index (χ0n) is 12.3. The molecule has 3 aliphatic heterocycles. The second-order valence-electron chi connectivity index (χ2n) is 6.37. The molecule has 112 valence electrons. The van der Waals surface area contributed by atoms with Crippen LogP contribution in [0.5, 0.6) is 0 Å². The minimum Gasteiger partial charge on any atom is -0.380 e. The van der Waals surface area contributed by atoms with Gasteiger partial charge in [0.1, 0.15) is 11.4 Å². The van der Waals surface area contributed by atoms with Gasteiger partial charge in [-0.25, -0.2) is 0 Å². The topological polar surface area (TPSA) is 71.0 Å². The van der Waals surface area contributed by atoms with Crippen LogP contribution in [0.25, 0.3) is 0 Å². The first-order valence-corrected chi connectivity index (χ1v) is 7.05. The van der Waals surface area contributed by atoms with Gasteiger partial charge in [-0.15, -0.1) is 0 Å². The second kappa shape index (κ2) is 4.80. The van der Waals surface area contributed by atoms with Gasteiger partial charge in [-0.2, -0.15) is 0 Å². The van der Waals surface area contributed by atoms with Gasteiger partial charge in [0.15, 0.2) is 0 Å². The lowest BCUT2D eigenvalue weighted by Gasteiger charge is -2.39. The smallest absolute Gasteiger partial charge is 0.248 e. The van der Waals surface area contributed by atoms with Crippen LogP contribution < -0.4 is 5.32 Å². The molecule has 0 aromatic rings. The number of nitrogens with zero attached hydrogens (tertiary/aromatic N) is 2. The number of fused-ring (bicyclic) bond motifs is 1. The van der Waals surface area contributed by atoms with Crippen LogP contribution in [-0.4, -0.2) is 47.8 Å². The average molecular weight is 289 g/mol. The van der Waals surface area contributed by atoms with Crippen LogP contribution in [0.3, 0.4) is 0 Å². The average Bonchev–Trinajstić information content (AvgIpc) is 2.42. The third kappa shape index (κ3) is 2.51. The minimum absolute atomic E-state index is 0.00263. The second-order valence-corrected chi connectivity index (χ2v) is 6.37. The van der Waals surface area contributed by atoms with Crippen molar-refractivity contribution in [2.75, 3.05) is 19.8 Å². The molecule has 1 N–H and O–H groups in total. The van der Waals surface area contributed by atoms with Gasteiger partial charge in [0.25, 0.3) is 0 Å². The molecule has 0 saturated carbocycles. The van der Waals surface area contributed by atoms with Crippen molar-refractivity contribution >= 4 is 17.6 Å². The summed E-state index contributed by atoms with van der Waals surface area (Å²) < 4.78 is 5.17. The van der Waals surface area contributed by atoms with E-state index in [9.17, 15) is 9.59 Å². The van der Waals surface area contributed by atoms with E-state index in [1.54, 1.807) is 31.4 Å². The molecule has 1 unspecified atom stereocenters. The molecule has 1 fully saturated rings. The number of carbonyl (C=O) groups excluding carboxylic acids is 2. The molecule has 1 atom stereocenters. The number of ether oxygens (including phenoxy) is 1. The Bertz CT molecular complexity index is 575. The lowest BCUT2D eigenvalue weighted by atomic mass is 9.87. The van der Waals surface area contributed by atoms with Crippen molar-refractivity contribution in [3.8, 4) is 0 Å². The number of allylic oxidation sites excluding steroid dienone is 2. The van der Waals surface area contributed by atoms with Crippen molar-refractivity contribution in [1.29, 1.82) is 0 Å². The van der Waals surface area contributed by atoms with Crippen LogP contribution in [0.1, 0.15) is 20.3 Å². The van der Waals surface area contributed by atoms with E-state index in [-0.39, 0.29) is 23.7 Å². The number of amides is 2. The molecule has 21 heavy (non-hydrogen) atoms. The molecular formula is C15H19N3O3. The first kappa shape index (κ1) is 14.0. The zero-order chi connectivity index (χ0) is 15.1. The van der Waals surface area contributed by atoms with Gasteiger partial charge in [0.2, 0.25) is 11.8 Å². The van der Waals surface area contributed by atoms with E-state index in [1.807, 2.05) is 0 Å². The maximum Gasteiger partial charge on any atom is 0.248 e. The highest BCUT2D eigenvalue weighted by atomic mass is 16.5. The Kier molecular flexibility index (Phi) is 3.20. The lowest BCUT2D eigenvalue weighted by molar-refractivity contribution is -0.136. The molecule has 3 heterocycles. The number of rotatable bonds is 3. The summed E-state index contributed by atoms with van der Waals surface area (Å²) >= 11 is 0. The summed E-state index contributed by atoms with van der Waals surface area (Å²) in [5.41, 5.74) is -1.04. The molecule has 3 rings (SSSR count). The van der Waals surface area contributed by atoms with Crippen molar-refractivity contribution in [3.05, 3.63) is 24.4 Å². The first-order chi connectivity index (χ1) is 9.92. The molecule has 2 amide bonds. The molecule has 0 aromatic heterocycles. The Morgan fingerprint density at radius 3 is 2.86 bits per heavy atom. The monoisotopic (exact) mass is 289 g/mol. The third-order valence-corrected chi connectivity index (χ3v) is 4.03. The minimum atomic E-state index is -1.04. The van der Waals surface area contributed by atoms with Gasteiger partial charge in [-0.3, -0.25) is 19.5 Å². The third-order valence-electron chi connectivity index (χ3n) is 4.03. The van der Waals surface area contributed by atoms with E-state index >= 15 is 0 Å². The van der Waals surface area contributed by atoms with Crippen LogP contribution in [-0.2, 0) is 14.3 Å². The van der Waals surface area contributed by atoms with Gasteiger partial charge in [-0.1, -0.05) is 13.0 Å². The van der Waals surface area contributed by atoms with Crippen molar-refractivity contribution in [2.45, 2.75) is 25.8 Å². The maximum atomic E-state index is 12.5. The Morgan fingerprint density at radius 2 is 2.19 bits per heavy atom. The van der Waals surface area contributed by atoms with E-state index < -0.39 is 5.54 Å². The SMILES string of the molecule is CC1(CNC(=O)C2(C)CC(=O)N3C=CC=CC3=N2)COC1. The van der Waals surface area contributed by atoms with Gasteiger partial charge in [0.05, 0.1) is 19.6 Å². The fraction of sp³-hybridized carbons (Fsp3) is 0.533. The van der Waals surface area contributed by atoms with E-state index in [4.69, 9.17) is 4.74 Å². The largest absolute Gasteiger partial charge is 0.380 e. The number of nitrogens with one attached hydrogen (secondary N) is 1. The summed E-state index contributed by atoms with van der Waals surface area (Å²) in [6.07, 6.45) is 7.07. The molecule has 3 aliphatic rings. The van der Waals surface area contributed by atoms with Crippen LogP contribution in [0, 0.1) is 5.41 Å². The quantitative estimate of drug-likeness (QED) is 0.827. The fourth-order valence-electron chi connectivity index (χ4n) is 2.58. The van der Waals surface area contributed by atoms with Crippen molar-refractivity contribution in [3.63, 3.8) is 0 Å². The van der Waals surface area contributed by atoms with Gasteiger partial charge in [-0.05, 0) is 19.1 Å². The summed E-state index contributed by atoms with van der Waals surface area (Å²) in [6, 6.07) is 0. The highest BCUT2D eigenvalue weighted by molar-refractivity contribution is 6.11. The molecule has 0 bridgehead atoms. The number of hydrogen-bond donors (Lipinski definition) is 1. The number of amidine groups is 1. The lowest BCUT2D eigenvalue weighted by Crippen LogP contribution is -2.55. The van der Waals surface area contributed by atoms with Crippen LogP contribution in [0.2, 0.25) is 0 Å². The summed E-state index contributed by atoms with van der Waals surface area (Å²) in [6.45, 7) is 5.61. The Balaban J connectivity index is 1.74. The standard InChI is InChI=1S/C15H19N3O3/c1-14(9-21-10-14)8-16-13(20)15(2)7-12(19)18-6-4-3-5-11(18)17-15/h3-6H,7-10H2,1-2H3,(H,16,20). The summed E-state index contributed by atoms with van der Waals surface area (Å²) in [5, 5.41) is 2.91. The highest BCUT2D eigenvalue weighted by Gasteiger charge is 2.43. The Labute approximate surface area is 123 Å². The summed E-state index contributed by atoms with van der Waals surface area (Å²) in [7, 11) is 0. The van der Waals surface area contributed by atoms with Gasteiger partial charge < -0.3 is 10.1 Å². The van der Waals surface area contributed by atoms with E-state index in [1.165, 1.54) is 4.90 Å². The van der Waals surface area contributed by atoms with Gasteiger partial charge in [0, 0.05) is 18.2 Å². The van der Waals surface area contributed by atoms with E-state index in [2.05, 4.69) is 17.2 Å². The molecular weight excluding hydrogens is 270 g/mol. The highest BCUT2D eigenvalue weighted by Crippen LogP contribution is 2.28. The first-order valence-electron chi connectivity index (χ1n) is 7.05. The van der Waals surface area contributed by atoms with Gasteiger partial charge >= 0.3 is 0 Å². The number of aliphatic imine (C=N–C) groups is 1. The number of carbonyl (C=O) groups is 2. The fourth-order valence-corrected chi connectivity index (χ4v) is 2.58. The molecule has 0 aliphatic carbocycles. The molecule has 0 aromatic carbocycles. The molecule has 6 heteroatoms. The normalized spacial score (nSPS) is 29.5. The Morgan fingerprint density at radius 1 is 1.43 bits per heavy atom. The van der Waals surface area contributed by atoms with Crippen LogP contribution in [0.15, 0.2) is 29.4 Å². The van der Waals surface area contributed by atoms with E-state index in [0.29, 0.717) is 25.6 Å². The predicted molar refractivity (Wildman–Crippen MR) is 77.5 cm³/mol. The van der Waals surface area contributed by atoms with Crippen LogP contribution >= 0.6 is 0 Å². The van der Waals surface area contributed by atoms with Crippen LogP contribution in [0.4, 0.5) is 0 Å².